The van der Waals surface area contributed by atoms with Gasteiger partial charge in [0.2, 0.25) is 0 Å². The number of nitrogens with zero attached hydrogens (tertiary/aromatic N) is 2. The fraction of sp³-hybridized carbons (Fsp3) is 0. The normalized spacial score (nSPS) is 10.5. The van der Waals surface area contributed by atoms with Gasteiger partial charge in [0.1, 0.15) is 28.5 Å². The summed E-state index contributed by atoms with van der Waals surface area (Å²) in [5, 5.41) is 28.0. The van der Waals surface area contributed by atoms with E-state index in [1.54, 1.807) is 0 Å². The molecule has 3 rings (SSSR count). The number of carbonyl (C=O) groups is 2. The van der Waals surface area contributed by atoms with E-state index in [9.17, 15) is 24.3 Å². The van der Waals surface area contributed by atoms with Crippen molar-refractivity contribution in [3.05, 3.63) is 62.4 Å². The van der Waals surface area contributed by atoms with Crippen LogP contribution in [-0.2, 0) is 0 Å². The number of phenols is 1. The maximum Gasteiger partial charge on any atom is 0.342 e. The van der Waals surface area contributed by atoms with Crippen LogP contribution in [0.5, 0.6) is 5.75 Å². The summed E-state index contributed by atoms with van der Waals surface area (Å²) in [4.78, 5) is 57.9. The van der Waals surface area contributed by atoms with E-state index in [2.05, 4.69) is 19.9 Å². The van der Waals surface area contributed by atoms with Crippen LogP contribution in [-0.4, -0.2) is 47.2 Å². The zero-order valence-corrected chi connectivity index (χ0v) is 13.3. The minimum Gasteiger partial charge on any atom is -0.507 e. The fourth-order valence-electron chi connectivity index (χ4n) is 2.34. The van der Waals surface area contributed by atoms with Crippen LogP contribution in [0.15, 0.2) is 40.2 Å². The Hall–Kier alpha value is -4.28. The van der Waals surface area contributed by atoms with Gasteiger partial charge in [0, 0.05) is 18.0 Å². The molecular formula is C16H10N4O7. The Labute approximate surface area is 148 Å². The number of aromatic hydroxyl groups is 1. The Kier molecular flexibility index (Phi) is 4.26. The molecule has 0 bridgehead atoms. The molecule has 2 aromatic heterocycles. The lowest BCUT2D eigenvalue weighted by molar-refractivity contribution is 0.0683. The molecule has 3 aromatic rings. The number of hydrogen-bond donors (Lipinski definition) is 5. The minimum absolute atomic E-state index is 0.0298. The number of nitrogens with one attached hydrogen (secondary N) is 2. The molecule has 0 amide bonds. The number of phenolic OH excluding ortho intramolecular Hbond substituents is 1. The molecule has 0 spiro atoms. The van der Waals surface area contributed by atoms with Crippen LogP contribution >= 0.6 is 0 Å². The Morgan fingerprint density at radius 1 is 0.852 bits per heavy atom. The number of benzene rings is 1. The van der Waals surface area contributed by atoms with E-state index in [4.69, 9.17) is 10.2 Å². The highest BCUT2D eigenvalue weighted by Gasteiger charge is 2.19. The summed E-state index contributed by atoms with van der Waals surface area (Å²) in [6.07, 6.45) is 1.68. The number of aromatic nitrogens is 4. The Balaban J connectivity index is 2.23. The molecule has 0 aliphatic rings. The predicted octanol–water partition coefficient (Wildman–Crippen LogP) is 0.289. The monoisotopic (exact) mass is 370 g/mol. The lowest BCUT2D eigenvalue weighted by Crippen LogP contribution is -2.20. The topological polar surface area (TPSA) is 186 Å². The van der Waals surface area contributed by atoms with Crippen molar-refractivity contribution < 1.29 is 24.9 Å². The van der Waals surface area contributed by atoms with Crippen molar-refractivity contribution in [3.63, 3.8) is 0 Å². The molecule has 136 valence electrons. The summed E-state index contributed by atoms with van der Waals surface area (Å²) in [5.74, 6) is -3.50. The van der Waals surface area contributed by atoms with E-state index in [0.717, 1.165) is 12.4 Å². The molecule has 0 fully saturated rings. The first-order valence-electron chi connectivity index (χ1n) is 7.27. The van der Waals surface area contributed by atoms with E-state index < -0.39 is 34.2 Å². The van der Waals surface area contributed by atoms with Gasteiger partial charge >= 0.3 is 11.9 Å². The third kappa shape index (κ3) is 3.16. The maximum atomic E-state index is 11.9. The molecule has 5 N–H and O–H groups in total. The van der Waals surface area contributed by atoms with Crippen molar-refractivity contribution in [2.45, 2.75) is 0 Å². The number of aromatic carboxylic acids is 2. The second-order valence-corrected chi connectivity index (χ2v) is 5.26. The van der Waals surface area contributed by atoms with E-state index >= 15 is 0 Å². The summed E-state index contributed by atoms with van der Waals surface area (Å²) in [5.41, 5.74) is -2.91. The molecule has 0 aliphatic heterocycles. The van der Waals surface area contributed by atoms with Gasteiger partial charge < -0.3 is 25.3 Å². The van der Waals surface area contributed by atoms with E-state index in [0.29, 0.717) is 0 Å². The van der Waals surface area contributed by atoms with Crippen LogP contribution in [0.3, 0.4) is 0 Å². The molecule has 0 saturated carbocycles. The van der Waals surface area contributed by atoms with E-state index in [1.807, 2.05) is 0 Å². The fourth-order valence-corrected chi connectivity index (χ4v) is 2.34. The molecule has 0 radical (unpaired) electrons. The van der Waals surface area contributed by atoms with Crippen molar-refractivity contribution >= 4 is 11.9 Å². The molecular weight excluding hydrogens is 360 g/mol. The van der Waals surface area contributed by atoms with Crippen LogP contribution in [0.1, 0.15) is 20.7 Å². The number of H-pyrrole nitrogens is 2. The van der Waals surface area contributed by atoms with Gasteiger partial charge in [-0.1, -0.05) is 12.1 Å². The molecule has 1 aromatic carbocycles. The third-order valence-corrected chi connectivity index (χ3v) is 3.59. The molecule has 11 nitrogen and oxygen atoms in total. The molecule has 0 atom stereocenters. The number of rotatable bonds is 4. The van der Waals surface area contributed by atoms with Gasteiger partial charge in [0.15, 0.2) is 0 Å². The molecule has 2 heterocycles. The quantitative estimate of drug-likeness (QED) is 0.430. The van der Waals surface area contributed by atoms with Gasteiger partial charge in [0.25, 0.3) is 11.1 Å². The molecule has 0 saturated heterocycles. The van der Waals surface area contributed by atoms with Crippen molar-refractivity contribution in [3.8, 4) is 28.5 Å². The first-order valence-corrected chi connectivity index (χ1v) is 7.27. The average molecular weight is 370 g/mol. The van der Waals surface area contributed by atoms with Crippen LogP contribution in [0.25, 0.3) is 22.8 Å². The molecule has 27 heavy (non-hydrogen) atoms. The second kappa shape index (κ2) is 6.55. The lowest BCUT2D eigenvalue weighted by Gasteiger charge is -2.10. The first kappa shape index (κ1) is 17.5. The summed E-state index contributed by atoms with van der Waals surface area (Å²) in [7, 11) is 0. The standard InChI is InChI=1S/C16H10N4O7/c21-9-3-1-2-6(11-17-4-7(15(24)25)13(22)19-11)10(9)12-18-5-8(16(26)27)14(23)20-12/h1-5,21H,(H,24,25)(H,26,27)(H,17,19,22)(H,18,20,23). The van der Waals surface area contributed by atoms with Gasteiger partial charge in [-0.3, -0.25) is 9.59 Å². The van der Waals surface area contributed by atoms with Gasteiger partial charge in [-0.25, -0.2) is 19.6 Å². The highest BCUT2D eigenvalue weighted by atomic mass is 16.4. The predicted molar refractivity (Wildman–Crippen MR) is 89.7 cm³/mol. The van der Waals surface area contributed by atoms with Gasteiger partial charge in [-0.05, 0) is 6.07 Å². The number of carboxylic acid groups (broad SMARTS) is 2. The van der Waals surface area contributed by atoms with Crippen molar-refractivity contribution in [1.29, 1.82) is 0 Å². The first-order chi connectivity index (χ1) is 12.8. The minimum atomic E-state index is -1.47. The highest BCUT2D eigenvalue weighted by Crippen LogP contribution is 2.34. The van der Waals surface area contributed by atoms with Crippen molar-refractivity contribution in [1.82, 2.24) is 19.9 Å². The van der Waals surface area contributed by atoms with E-state index in [1.165, 1.54) is 18.2 Å². The third-order valence-electron chi connectivity index (χ3n) is 3.59. The van der Waals surface area contributed by atoms with Crippen LogP contribution in [0.2, 0.25) is 0 Å². The summed E-state index contributed by atoms with van der Waals surface area (Å²) in [6, 6.07) is 4.16. The number of aromatic amines is 2. The van der Waals surface area contributed by atoms with Gasteiger partial charge in [-0.15, -0.1) is 0 Å². The average Bonchev–Trinajstić information content (AvgIpc) is 2.60. The number of carboxylic acids is 2. The van der Waals surface area contributed by atoms with Crippen molar-refractivity contribution in [2.75, 3.05) is 0 Å². The Morgan fingerprint density at radius 2 is 1.37 bits per heavy atom. The second-order valence-electron chi connectivity index (χ2n) is 5.26. The smallest absolute Gasteiger partial charge is 0.342 e. The SMILES string of the molecule is O=C(O)c1cnc(-c2cccc(O)c2-c2ncc(C(=O)O)c(=O)[nH]2)[nH]c1=O. The summed E-state index contributed by atoms with van der Waals surface area (Å²) >= 11 is 0. The van der Waals surface area contributed by atoms with Gasteiger partial charge in [0.05, 0.1) is 5.56 Å². The Morgan fingerprint density at radius 3 is 1.89 bits per heavy atom. The summed E-state index contributed by atoms with van der Waals surface area (Å²) in [6.45, 7) is 0. The zero-order valence-electron chi connectivity index (χ0n) is 13.3. The zero-order chi connectivity index (χ0) is 19.7. The Bertz CT molecular complexity index is 1200. The lowest BCUT2D eigenvalue weighted by atomic mass is 10.0. The molecule has 0 aliphatic carbocycles. The molecule has 0 unspecified atom stereocenters. The van der Waals surface area contributed by atoms with Gasteiger partial charge in [-0.2, -0.15) is 0 Å². The van der Waals surface area contributed by atoms with Crippen LogP contribution < -0.4 is 11.1 Å². The highest BCUT2D eigenvalue weighted by molar-refractivity contribution is 5.88. The van der Waals surface area contributed by atoms with Crippen LogP contribution in [0.4, 0.5) is 0 Å². The summed E-state index contributed by atoms with van der Waals surface area (Å²) < 4.78 is 0. The van der Waals surface area contributed by atoms with Crippen molar-refractivity contribution in [2.24, 2.45) is 0 Å². The number of hydrogen-bond acceptors (Lipinski definition) is 7. The maximum absolute atomic E-state index is 11.9. The largest absolute Gasteiger partial charge is 0.507 e. The van der Waals surface area contributed by atoms with E-state index in [-0.39, 0.29) is 28.5 Å². The van der Waals surface area contributed by atoms with Crippen LogP contribution in [0, 0.1) is 0 Å². The molecule has 11 heteroatoms.